The summed E-state index contributed by atoms with van der Waals surface area (Å²) in [6.07, 6.45) is 0.577. The number of thiazole rings is 1. The zero-order valence-electron chi connectivity index (χ0n) is 23.8. The minimum absolute atomic E-state index is 0.570. The summed E-state index contributed by atoms with van der Waals surface area (Å²) in [6.45, 7) is 7.45. The summed E-state index contributed by atoms with van der Waals surface area (Å²) < 4.78 is 6.99. The number of H-pyrrole nitrogens is 1. The van der Waals surface area contributed by atoms with Crippen LogP contribution in [0.25, 0.3) is 54.6 Å². The highest BCUT2D eigenvalue weighted by Gasteiger charge is 2.32. The van der Waals surface area contributed by atoms with E-state index in [1.165, 1.54) is 11.3 Å². The van der Waals surface area contributed by atoms with E-state index < -0.39 is 17.7 Å². The van der Waals surface area contributed by atoms with Crippen LogP contribution in [0.3, 0.4) is 0 Å². The zero-order chi connectivity index (χ0) is 30.3. The first-order chi connectivity index (χ1) is 20.6. The highest BCUT2D eigenvalue weighted by atomic mass is 35.5. The van der Waals surface area contributed by atoms with E-state index in [9.17, 15) is 9.90 Å². The molecule has 3 aromatic carbocycles. The fourth-order valence-corrected chi connectivity index (χ4v) is 6.24. The van der Waals surface area contributed by atoms with Gasteiger partial charge in [-0.05, 0) is 85.6 Å². The van der Waals surface area contributed by atoms with Crippen LogP contribution in [0.15, 0.2) is 72.9 Å². The van der Waals surface area contributed by atoms with Crippen LogP contribution in [0.1, 0.15) is 38.0 Å². The molecule has 43 heavy (non-hydrogen) atoms. The van der Waals surface area contributed by atoms with Gasteiger partial charge in [-0.2, -0.15) is 0 Å². The summed E-state index contributed by atoms with van der Waals surface area (Å²) in [5, 5.41) is 25.8. The van der Waals surface area contributed by atoms with E-state index in [1.807, 2.05) is 82.3 Å². The van der Waals surface area contributed by atoms with Crippen molar-refractivity contribution in [2.24, 2.45) is 0 Å². The van der Waals surface area contributed by atoms with Crippen LogP contribution in [-0.2, 0) is 9.53 Å². The molecule has 0 radical (unpaired) electrons. The van der Waals surface area contributed by atoms with Crippen LogP contribution < -0.4 is 0 Å². The predicted molar refractivity (Wildman–Crippen MR) is 168 cm³/mol. The fraction of sp³-hybridized carbons (Fsp3) is 0.188. The molecule has 0 aliphatic carbocycles. The number of carbonyl (C=O) groups is 1. The minimum atomic E-state index is -1.18. The number of halogens is 1. The third kappa shape index (κ3) is 5.90. The van der Waals surface area contributed by atoms with Gasteiger partial charge in [0.05, 0.1) is 21.5 Å². The SMILES string of the molecule is Cc1cc2nc(-c3ccnc(-c4cccc(-c5nnn[nH]5)c4)c3)sc2c(-c2ccc(Cl)cc2)c1C(OC(C)(C)C)C(=O)O. The molecule has 1 atom stereocenters. The van der Waals surface area contributed by atoms with Crippen LogP contribution in [0.5, 0.6) is 0 Å². The van der Waals surface area contributed by atoms with Gasteiger partial charge in [-0.1, -0.05) is 41.9 Å². The molecule has 0 bridgehead atoms. The van der Waals surface area contributed by atoms with Gasteiger partial charge in [0.15, 0.2) is 11.9 Å². The molecule has 1 unspecified atom stereocenters. The maximum Gasteiger partial charge on any atom is 0.337 e. The molecule has 3 aromatic heterocycles. The molecule has 11 heteroatoms. The molecule has 0 spiro atoms. The van der Waals surface area contributed by atoms with Crippen LogP contribution >= 0.6 is 22.9 Å². The number of carboxylic acid groups (broad SMARTS) is 1. The number of aromatic nitrogens is 6. The van der Waals surface area contributed by atoms with Crippen molar-refractivity contribution in [1.29, 1.82) is 0 Å². The Labute approximate surface area is 256 Å². The van der Waals surface area contributed by atoms with Crippen LogP contribution in [0.4, 0.5) is 0 Å². The molecular formula is C32H27ClN6O3S. The Hall–Kier alpha value is -4.51. The summed E-state index contributed by atoms with van der Waals surface area (Å²) in [7, 11) is 0. The van der Waals surface area contributed by atoms with Crippen molar-refractivity contribution < 1.29 is 14.6 Å². The minimum Gasteiger partial charge on any atom is -0.479 e. The maximum atomic E-state index is 12.6. The second-order valence-corrected chi connectivity index (χ2v) is 12.5. The molecule has 0 saturated heterocycles. The first-order valence-corrected chi connectivity index (χ1v) is 14.7. The lowest BCUT2D eigenvalue weighted by molar-refractivity contribution is -0.160. The Morgan fingerprint density at radius 2 is 1.77 bits per heavy atom. The molecule has 0 amide bonds. The highest BCUT2D eigenvalue weighted by Crippen LogP contribution is 2.44. The number of benzene rings is 3. The third-order valence-corrected chi connectivity index (χ3v) is 8.19. The normalized spacial score (nSPS) is 12.5. The number of hydrogen-bond acceptors (Lipinski definition) is 8. The Balaban J connectivity index is 1.51. The smallest absolute Gasteiger partial charge is 0.337 e. The van der Waals surface area contributed by atoms with Gasteiger partial charge in [0.25, 0.3) is 0 Å². The Kier molecular flexibility index (Phi) is 7.51. The fourth-order valence-electron chi connectivity index (χ4n) is 4.99. The molecule has 216 valence electrons. The van der Waals surface area contributed by atoms with Crippen molar-refractivity contribution in [2.75, 3.05) is 0 Å². The van der Waals surface area contributed by atoms with E-state index >= 15 is 0 Å². The Morgan fingerprint density at radius 3 is 2.47 bits per heavy atom. The number of nitrogens with one attached hydrogen (secondary N) is 1. The van der Waals surface area contributed by atoms with E-state index in [2.05, 4.69) is 25.6 Å². The van der Waals surface area contributed by atoms with Crippen molar-refractivity contribution >= 4 is 39.1 Å². The average Bonchev–Trinajstić information content (AvgIpc) is 3.66. The molecule has 3 heterocycles. The summed E-state index contributed by atoms with van der Waals surface area (Å²) in [4.78, 5) is 22.2. The number of aromatic amines is 1. The van der Waals surface area contributed by atoms with Crippen LogP contribution in [-0.4, -0.2) is 47.3 Å². The quantitative estimate of drug-likeness (QED) is 0.188. The number of carboxylic acids is 1. The molecule has 0 aliphatic rings. The van der Waals surface area contributed by atoms with Crippen LogP contribution in [0.2, 0.25) is 5.02 Å². The van der Waals surface area contributed by atoms with E-state index in [1.54, 1.807) is 18.3 Å². The average molecular weight is 611 g/mol. The number of ether oxygens (including phenoxy) is 1. The molecule has 2 N–H and O–H groups in total. The molecule has 0 fully saturated rings. The number of rotatable bonds is 7. The topological polar surface area (TPSA) is 127 Å². The van der Waals surface area contributed by atoms with Gasteiger partial charge in [-0.15, -0.1) is 16.4 Å². The number of aliphatic carboxylic acids is 1. The molecule has 9 nitrogen and oxygen atoms in total. The lowest BCUT2D eigenvalue weighted by Gasteiger charge is -2.28. The van der Waals surface area contributed by atoms with Gasteiger partial charge in [0.1, 0.15) is 5.01 Å². The summed E-state index contributed by atoms with van der Waals surface area (Å²) >= 11 is 7.73. The Morgan fingerprint density at radius 1 is 1.00 bits per heavy atom. The monoisotopic (exact) mass is 610 g/mol. The zero-order valence-corrected chi connectivity index (χ0v) is 25.4. The van der Waals surface area contributed by atoms with Gasteiger partial charge in [-0.3, -0.25) is 4.98 Å². The number of fused-ring (bicyclic) bond motifs is 1. The predicted octanol–water partition coefficient (Wildman–Crippen LogP) is 7.78. The summed E-state index contributed by atoms with van der Waals surface area (Å²) in [5.74, 6) is -0.486. The number of nitrogens with zero attached hydrogens (tertiary/aromatic N) is 5. The second-order valence-electron chi connectivity index (χ2n) is 11.1. The molecular weight excluding hydrogens is 584 g/mol. The van der Waals surface area contributed by atoms with E-state index in [0.717, 1.165) is 54.3 Å². The number of aryl methyl sites for hydroxylation is 1. The van der Waals surface area contributed by atoms with Gasteiger partial charge in [0.2, 0.25) is 0 Å². The van der Waals surface area contributed by atoms with E-state index in [-0.39, 0.29) is 0 Å². The molecule has 0 aliphatic heterocycles. The first-order valence-electron chi connectivity index (χ1n) is 13.5. The standard InChI is InChI=1S/C32H27ClN6O3S/c1-17-14-24-28(26(18-8-10-22(33)11-9-18)25(17)27(31(40)41)42-32(2,3)4)43-30(35-24)21-12-13-34-23(16-21)19-6-5-7-20(15-19)29-36-38-39-37-29/h5-16,27H,1-4H3,(H,40,41)(H,36,37,38,39). The molecule has 0 saturated carbocycles. The summed E-state index contributed by atoms with van der Waals surface area (Å²) in [6, 6.07) is 21.1. The largest absolute Gasteiger partial charge is 0.479 e. The van der Waals surface area contributed by atoms with Gasteiger partial charge >= 0.3 is 5.97 Å². The van der Waals surface area contributed by atoms with Crippen molar-refractivity contribution in [3.8, 4) is 44.3 Å². The number of pyridine rings is 1. The van der Waals surface area contributed by atoms with Gasteiger partial charge < -0.3 is 9.84 Å². The highest BCUT2D eigenvalue weighted by molar-refractivity contribution is 7.22. The molecule has 6 rings (SSSR count). The maximum absolute atomic E-state index is 12.6. The lowest BCUT2D eigenvalue weighted by atomic mass is 9.91. The van der Waals surface area contributed by atoms with Crippen molar-refractivity contribution in [1.82, 2.24) is 30.6 Å². The van der Waals surface area contributed by atoms with E-state index in [0.29, 0.717) is 16.4 Å². The third-order valence-electron chi connectivity index (χ3n) is 6.80. The summed E-state index contributed by atoms with van der Waals surface area (Å²) in [5.41, 5.74) is 6.47. The van der Waals surface area contributed by atoms with Gasteiger partial charge in [0, 0.05) is 39.0 Å². The molecule has 6 aromatic rings. The van der Waals surface area contributed by atoms with E-state index in [4.69, 9.17) is 21.3 Å². The van der Waals surface area contributed by atoms with Crippen molar-refractivity contribution in [3.05, 3.63) is 89.1 Å². The first kappa shape index (κ1) is 28.6. The Bertz CT molecular complexity index is 1950. The van der Waals surface area contributed by atoms with Crippen LogP contribution in [0, 0.1) is 6.92 Å². The number of tetrazole rings is 1. The van der Waals surface area contributed by atoms with Crippen molar-refractivity contribution in [3.63, 3.8) is 0 Å². The second kappa shape index (κ2) is 11.3. The number of hydrogen-bond donors (Lipinski definition) is 2. The lowest BCUT2D eigenvalue weighted by Crippen LogP contribution is -2.28. The van der Waals surface area contributed by atoms with Crippen molar-refractivity contribution in [2.45, 2.75) is 39.4 Å². The van der Waals surface area contributed by atoms with Gasteiger partial charge in [-0.25, -0.2) is 14.9 Å².